The molecule has 0 unspecified atom stereocenters. The Balaban J connectivity index is 2.47. The normalized spacial score (nSPS) is 15.1. The van der Waals surface area contributed by atoms with E-state index in [-0.39, 0.29) is 5.69 Å². The van der Waals surface area contributed by atoms with E-state index in [1.807, 2.05) is 0 Å². The minimum Gasteiger partial charge on any atom is -0.305 e. The van der Waals surface area contributed by atoms with Gasteiger partial charge in [-0.3, -0.25) is 4.98 Å². The number of pyridine rings is 1. The van der Waals surface area contributed by atoms with Gasteiger partial charge in [-0.1, -0.05) is 28.1 Å². The van der Waals surface area contributed by atoms with Crippen molar-refractivity contribution in [2.75, 3.05) is 5.33 Å². The first kappa shape index (κ1) is 11.5. The average Bonchev–Trinajstić information content (AvgIpc) is 2.70. The summed E-state index contributed by atoms with van der Waals surface area (Å²) in [6.45, 7) is 0. The highest BCUT2D eigenvalue weighted by Gasteiger charge is 2.04. The monoisotopic (exact) mass is 305 g/mol. The maximum Gasteiger partial charge on any atom is 0.323 e. The molecule has 0 amide bonds. The summed E-state index contributed by atoms with van der Waals surface area (Å²) in [5.74, 6) is 0. The van der Waals surface area contributed by atoms with Crippen molar-refractivity contribution >= 4 is 39.1 Å². The van der Waals surface area contributed by atoms with Gasteiger partial charge in [0, 0.05) is 10.5 Å². The average molecular weight is 306 g/mol. The summed E-state index contributed by atoms with van der Waals surface area (Å²) in [4.78, 5) is 21.4. The van der Waals surface area contributed by atoms with Crippen molar-refractivity contribution in [1.29, 1.82) is 0 Å². The number of halogens is 1. The number of aromatic amines is 2. The maximum atomic E-state index is 11.4. The lowest BCUT2D eigenvalue weighted by molar-refractivity contribution is 1.06. The Labute approximate surface area is 111 Å². The first-order valence-corrected chi connectivity index (χ1v) is 6.94. The van der Waals surface area contributed by atoms with Gasteiger partial charge in [0.05, 0.1) is 22.6 Å². The summed E-state index contributed by atoms with van der Waals surface area (Å²) < 4.78 is 0. The molecular formula is C13H12BrN3O. The van der Waals surface area contributed by atoms with Crippen molar-refractivity contribution in [2.45, 2.75) is 12.8 Å². The summed E-state index contributed by atoms with van der Waals surface area (Å²) >= 11 is 3.48. The second kappa shape index (κ2) is 4.57. The van der Waals surface area contributed by atoms with Gasteiger partial charge >= 0.3 is 5.69 Å². The first-order valence-electron chi connectivity index (χ1n) is 5.82. The number of fused-ring (bicyclic) bond motifs is 3. The van der Waals surface area contributed by atoms with Crippen LogP contribution < -0.4 is 16.3 Å². The number of H-pyrrole nitrogens is 2. The van der Waals surface area contributed by atoms with Crippen LogP contribution in [-0.2, 0) is 0 Å². The third kappa shape index (κ3) is 1.95. The zero-order chi connectivity index (χ0) is 12.5. The zero-order valence-electron chi connectivity index (χ0n) is 9.66. The van der Waals surface area contributed by atoms with Gasteiger partial charge in [0.2, 0.25) is 0 Å². The molecule has 0 bridgehead atoms. The van der Waals surface area contributed by atoms with Crippen molar-refractivity contribution in [2.24, 2.45) is 0 Å². The summed E-state index contributed by atoms with van der Waals surface area (Å²) in [6.07, 6.45) is 10.1. The molecular weight excluding hydrogens is 294 g/mol. The highest BCUT2D eigenvalue weighted by atomic mass is 79.9. The van der Waals surface area contributed by atoms with E-state index in [1.165, 1.54) is 5.57 Å². The van der Waals surface area contributed by atoms with Crippen LogP contribution in [0.1, 0.15) is 12.8 Å². The van der Waals surface area contributed by atoms with Crippen molar-refractivity contribution < 1.29 is 0 Å². The van der Waals surface area contributed by atoms with Crippen LogP contribution in [0.3, 0.4) is 0 Å². The largest absolute Gasteiger partial charge is 0.323 e. The molecule has 3 rings (SSSR count). The SMILES string of the molecule is O=c1[nH]c2cnc3c(c2[nH]1)=CC(CBr)=CCCC=3. The van der Waals surface area contributed by atoms with Crippen LogP contribution in [-0.4, -0.2) is 20.3 Å². The zero-order valence-corrected chi connectivity index (χ0v) is 11.3. The topological polar surface area (TPSA) is 61.5 Å². The van der Waals surface area contributed by atoms with Gasteiger partial charge < -0.3 is 9.97 Å². The molecule has 0 saturated carbocycles. The molecule has 2 heterocycles. The molecule has 0 radical (unpaired) electrons. The molecule has 4 nitrogen and oxygen atoms in total. The molecule has 0 atom stereocenters. The van der Waals surface area contributed by atoms with Crippen molar-refractivity contribution in [3.05, 3.63) is 38.9 Å². The molecule has 18 heavy (non-hydrogen) atoms. The molecule has 2 aromatic rings. The fourth-order valence-corrected chi connectivity index (χ4v) is 2.56. The maximum absolute atomic E-state index is 11.4. The Morgan fingerprint density at radius 1 is 1.28 bits per heavy atom. The van der Waals surface area contributed by atoms with E-state index >= 15 is 0 Å². The molecule has 5 heteroatoms. The van der Waals surface area contributed by atoms with Crippen LogP contribution in [0.2, 0.25) is 0 Å². The van der Waals surface area contributed by atoms with Crippen LogP contribution in [0.15, 0.2) is 22.6 Å². The number of rotatable bonds is 1. The lowest BCUT2D eigenvalue weighted by atomic mass is 10.1. The number of nitrogens with zero attached hydrogens (tertiary/aromatic N) is 1. The van der Waals surface area contributed by atoms with E-state index < -0.39 is 0 Å². The molecule has 1 aliphatic rings. The van der Waals surface area contributed by atoms with Crippen molar-refractivity contribution in [3.8, 4) is 0 Å². The van der Waals surface area contributed by atoms with E-state index in [2.05, 4.69) is 49.1 Å². The molecule has 0 spiro atoms. The van der Waals surface area contributed by atoms with E-state index in [0.717, 1.165) is 39.8 Å². The third-order valence-electron chi connectivity index (χ3n) is 3.03. The standard InChI is InChI=1S/C13H12BrN3O/c14-6-8-3-1-2-4-10-9(5-8)12-11(7-15-10)16-13(18)17-12/h3-5,7H,1-2,6H2,(H2,16,17,18). The summed E-state index contributed by atoms with van der Waals surface area (Å²) in [5.41, 5.74) is 2.59. The molecule has 92 valence electrons. The number of alkyl halides is 1. The lowest BCUT2D eigenvalue weighted by Crippen LogP contribution is -2.29. The summed E-state index contributed by atoms with van der Waals surface area (Å²) in [6, 6.07) is 0. The van der Waals surface area contributed by atoms with Gasteiger partial charge in [-0.2, -0.15) is 0 Å². The quantitative estimate of drug-likeness (QED) is 0.770. The second-order valence-corrected chi connectivity index (χ2v) is 4.82. The predicted octanol–water partition coefficient (Wildman–Crippen LogP) is 0.927. The van der Waals surface area contributed by atoms with Crippen LogP contribution in [0, 0.1) is 0 Å². The van der Waals surface area contributed by atoms with Gasteiger partial charge in [0.25, 0.3) is 0 Å². The minimum absolute atomic E-state index is 0.194. The number of hydrogen-bond acceptors (Lipinski definition) is 2. The Kier molecular flexibility index (Phi) is 2.91. The second-order valence-electron chi connectivity index (χ2n) is 4.26. The van der Waals surface area contributed by atoms with Crippen LogP contribution in [0.4, 0.5) is 0 Å². The van der Waals surface area contributed by atoms with Crippen molar-refractivity contribution in [3.63, 3.8) is 0 Å². The number of allylic oxidation sites excluding steroid dienone is 2. The number of imidazole rings is 1. The highest BCUT2D eigenvalue weighted by molar-refractivity contribution is 9.09. The number of aromatic nitrogens is 3. The Hall–Kier alpha value is -1.62. The van der Waals surface area contributed by atoms with Gasteiger partial charge in [0.15, 0.2) is 0 Å². The van der Waals surface area contributed by atoms with Crippen molar-refractivity contribution in [1.82, 2.24) is 15.0 Å². The molecule has 0 fully saturated rings. The van der Waals surface area contributed by atoms with E-state index in [1.54, 1.807) is 6.20 Å². The Bertz CT molecular complexity index is 798. The van der Waals surface area contributed by atoms with E-state index in [9.17, 15) is 4.79 Å². The minimum atomic E-state index is -0.194. The van der Waals surface area contributed by atoms with Gasteiger partial charge in [-0.05, 0) is 24.5 Å². The van der Waals surface area contributed by atoms with E-state index in [4.69, 9.17) is 0 Å². The van der Waals surface area contributed by atoms with E-state index in [0.29, 0.717) is 0 Å². The van der Waals surface area contributed by atoms with Crippen LogP contribution in [0.25, 0.3) is 23.2 Å². The third-order valence-corrected chi connectivity index (χ3v) is 3.68. The fraction of sp³-hybridized carbons (Fsp3) is 0.231. The van der Waals surface area contributed by atoms with Gasteiger partial charge in [-0.15, -0.1) is 0 Å². The van der Waals surface area contributed by atoms with Gasteiger partial charge in [-0.25, -0.2) is 4.79 Å². The van der Waals surface area contributed by atoms with Gasteiger partial charge in [0.1, 0.15) is 0 Å². The number of hydrogen-bond donors (Lipinski definition) is 2. The lowest BCUT2D eigenvalue weighted by Gasteiger charge is -2.01. The summed E-state index contributed by atoms with van der Waals surface area (Å²) in [7, 11) is 0. The molecule has 0 aliphatic heterocycles. The highest BCUT2D eigenvalue weighted by Crippen LogP contribution is 2.07. The molecule has 0 saturated heterocycles. The molecule has 2 N–H and O–H groups in total. The molecule has 1 aliphatic carbocycles. The first-order chi connectivity index (χ1) is 8.78. The smallest absolute Gasteiger partial charge is 0.305 e. The molecule has 0 aromatic carbocycles. The van der Waals surface area contributed by atoms with Crippen LogP contribution in [0.5, 0.6) is 0 Å². The Morgan fingerprint density at radius 3 is 2.94 bits per heavy atom. The molecule has 2 aromatic heterocycles. The van der Waals surface area contributed by atoms with Crippen LogP contribution >= 0.6 is 15.9 Å². The summed E-state index contributed by atoms with van der Waals surface area (Å²) in [5, 5.41) is 2.72. The Morgan fingerprint density at radius 2 is 2.11 bits per heavy atom. The fourth-order valence-electron chi connectivity index (χ4n) is 2.17. The predicted molar refractivity (Wildman–Crippen MR) is 76.0 cm³/mol. The number of nitrogens with one attached hydrogen (secondary N) is 2.